The maximum atomic E-state index is 10.9. The molecule has 0 saturated heterocycles. The van der Waals surface area contributed by atoms with Gasteiger partial charge in [0.2, 0.25) is 11.8 Å². The van der Waals surface area contributed by atoms with Crippen LogP contribution >= 0.6 is 0 Å². The molecule has 0 radical (unpaired) electrons. The van der Waals surface area contributed by atoms with E-state index < -0.39 is 4.92 Å². The van der Waals surface area contributed by atoms with Crippen molar-refractivity contribution in [2.24, 2.45) is 0 Å². The van der Waals surface area contributed by atoms with Crippen LogP contribution in [-0.4, -0.2) is 14.9 Å². The minimum absolute atomic E-state index is 0.0272. The Bertz CT molecular complexity index is 667. The van der Waals surface area contributed by atoms with Gasteiger partial charge < -0.3 is 16.2 Å². The third-order valence-corrected chi connectivity index (χ3v) is 2.64. The molecule has 0 unspecified atom stereocenters. The molecule has 8 heteroatoms. The maximum Gasteiger partial charge on any atom is 0.276 e. The fourth-order valence-electron chi connectivity index (χ4n) is 1.75. The summed E-state index contributed by atoms with van der Waals surface area (Å²) >= 11 is 0. The highest BCUT2D eigenvalue weighted by Crippen LogP contribution is 2.31. The number of aryl methyl sites for hydroxylation is 2. The first-order valence-corrected chi connectivity index (χ1v) is 5.70. The van der Waals surface area contributed by atoms with Crippen molar-refractivity contribution in [2.75, 3.05) is 11.5 Å². The number of nitrogen functional groups attached to an aromatic ring is 2. The molecule has 8 nitrogen and oxygen atoms in total. The number of nitro benzene ring substituents is 1. The van der Waals surface area contributed by atoms with E-state index in [1.54, 1.807) is 19.9 Å². The minimum Gasteiger partial charge on any atom is -0.438 e. The summed E-state index contributed by atoms with van der Waals surface area (Å²) in [7, 11) is 0. The Morgan fingerprint density at radius 2 is 1.85 bits per heavy atom. The third kappa shape index (κ3) is 2.74. The van der Waals surface area contributed by atoms with Crippen molar-refractivity contribution in [3.8, 4) is 11.6 Å². The van der Waals surface area contributed by atoms with Gasteiger partial charge in [-0.25, -0.2) is 0 Å². The Kier molecular flexibility index (Phi) is 3.38. The molecule has 0 bridgehead atoms. The molecule has 1 heterocycles. The van der Waals surface area contributed by atoms with E-state index in [0.717, 1.165) is 5.56 Å². The molecule has 2 rings (SSSR count). The molecule has 4 N–H and O–H groups in total. The number of nitro groups is 1. The minimum atomic E-state index is -0.468. The van der Waals surface area contributed by atoms with Crippen molar-refractivity contribution in [1.82, 2.24) is 9.97 Å². The predicted molar refractivity (Wildman–Crippen MR) is 73.5 cm³/mol. The molecule has 2 aromatic rings. The van der Waals surface area contributed by atoms with E-state index in [1.165, 1.54) is 12.1 Å². The van der Waals surface area contributed by atoms with Crippen LogP contribution in [0.4, 0.5) is 17.5 Å². The van der Waals surface area contributed by atoms with Crippen LogP contribution in [0.15, 0.2) is 18.2 Å². The number of hydrogen-bond acceptors (Lipinski definition) is 7. The zero-order chi connectivity index (χ0) is 14.9. The lowest BCUT2D eigenvalue weighted by Crippen LogP contribution is -2.02. The smallest absolute Gasteiger partial charge is 0.276 e. The SMILES string of the molecule is Cc1cc(C)c([N+](=O)[O-])cc1Oc1cc(N)nc(N)n1. The van der Waals surface area contributed by atoms with Crippen LogP contribution in [0.1, 0.15) is 11.1 Å². The van der Waals surface area contributed by atoms with Gasteiger partial charge >= 0.3 is 0 Å². The van der Waals surface area contributed by atoms with Gasteiger partial charge in [-0.2, -0.15) is 9.97 Å². The number of nitrogens with two attached hydrogens (primary N) is 2. The molecule has 1 aromatic carbocycles. The van der Waals surface area contributed by atoms with E-state index in [-0.39, 0.29) is 23.3 Å². The number of benzene rings is 1. The molecule has 20 heavy (non-hydrogen) atoms. The second-order valence-corrected chi connectivity index (χ2v) is 4.25. The summed E-state index contributed by atoms with van der Waals surface area (Å²) in [4.78, 5) is 18.0. The van der Waals surface area contributed by atoms with Gasteiger partial charge in [-0.1, -0.05) is 0 Å². The van der Waals surface area contributed by atoms with Crippen LogP contribution in [0.5, 0.6) is 11.6 Å². The van der Waals surface area contributed by atoms with Crippen LogP contribution < -0.4 is 16.2 Å². The monoisotopic (exact) mass is 275 g/mol. The third-order valence-electron chi connectivity index (χ3n) is 2.64. The van der Waals surface area contributed by atoms with E-state index >= 15 is 0 Å². The summed E-state index contributed by atoms with van der Waals surface area (Å²) in [5.74, 6) is 0.585. The maximum absolute atomic E-state index is 10.9. The van der Waals surface area contributed by atoms with Gasteiger partial charge in [-0.3, -0.25) is 10.1 Å². The summed E-state index contributed by atoms with van der Waals surface area (Å²) in [6.07, 6.45) is 0. The molecule has 0 aliphatic heterocycles. The lowest BCUT2D eigenvalue weighted by molar-refractivity contribution is -0.385. The Balaban J connectivity index is 2.42. The number of anilines is 2. The Hall–Kier alpha value is -2.90. The zero-order valence-electron chi connectivity index (χ0n) is 11.0. The van der Waals surface area contributed by atoms with Crippen LogP contribution in [-0.2, 0) is 0 Å². The number of nitrogens with zero attached hydrogens (tertiary/aromatic N) is 3. The van der Waals surface area contributed by atoms with Gasteiger partial charge in [-0.05, 0) is 25.5 Å². The highest BCUT2D eigenvalue weighted by Gasteiger charge is 2.15. The Morgan fingerprint density at radius 1 is 1.15 bits per heavy atom. The van der Waals surface area contributed by atoms with Crippen LogP contribution in [0, 0.1) is 24.0 Å². The highest BCUT2D eigenvalue weighted by atomic mass is 16.6. The summed E-state index contributed by atoms with van der Waals surface area (Å²) in [6, 6.07) is 4.40. The van der Waals surface area contributed by atoms with Crippen LogP contribution in [0.3, 0.4) is 0 Å². The molecule has 0 atom stereocenters. The van der Waals surface area contributed by atoms with E-state index in [2.05, 4.69) is 9.97 Å². The molecule has 0 aliphatic rings. The van der Waals surface area contributed by atoms with Gasteiger partial charge in [0.15, 0.2) is 0 Å². The number of ether oxygens (including phenoxy) is 1. The van der Waals surface area contributed by atoms with Gasteiger partial charge in [0.05, 0.1) is 11.0 Å². The summed E-state index contributed by atoms with van der Waals surface area (Å²) in [5, 5.41) is 10.9. The molecule has 1 aromatic heterocycles. The summed E-state index contributed by atoms with van der Waals surface area (Å²) in [5.41, 5.74) is 12.3. The highest BCUT2D eigenvalue weighted by molar-refractivity contribution is 5.51. The first kappa shape index (κ1) is 13.5. The van der Waals surface area contributed by atoms with Crippen molar-refractivity contribution in [1.29, 1.82) is 0 Å². The molecular weight excluding hydrogens is 262 g/mol. The standard InChI is InChI=1S/C12H13N5O3/c1-6-3-7(2)9(4-8(6)17(18)19)20-11-5-10(13)15-12(14)16-11/h3-5H,1-2H3,(H4,13,14,15,16). The van der Waals surface area contributed by atoms with Crippen LogP contribution in [0.2, 0.25) is 0 Å². The molecular formula is C12H13N5O3. The average Bonchev–Trinajstić information content (AvgIpc) is 2.30. The normalized spacial score (nSPS) is 10.3. The molecule has 0 fully saturated rings. The van der Waals surface area contributed by atoms with Crippen molar-refractivity contribution in [3.63, 3.8) is 0 Å². The quantitative estimate of drug-likeness (QED) is 0.646. The molecule has 0 aliphatic carbocycles. The molecule has 0 amide bonds. The molecule has 0 spiro atoms. The van der Waals surface area contributed by atoms with Crippen molar-refractivity contribution in [3.05, 3.63) is 39.4 Å². The second kappa shape index (κ2) is 5.00. The number of hydrogen-bond donors (Lipinski definition) is 2. The largest absolute Gasteiger partial charge is 0.438 e. The van der Waals surface area contributed by atoms with Gasteiger partial charge in [-0.15, -0.1) is 0 Å². The van der Waals surface area contributed by atoms with E-state index in [9.17, 15) is 10.1 Å². The second-order valence-electron chi connectivity index (χ2n) is 4.25. The molecule has 0 saturated carbocycles. The van der Waals surface area contributed by atoms with Crippen molar-refractivity contribution < 1.29 is 9.66 Å². The Morgan fingerprint density at radius 3 is 2.45 bits per heavy atom. The van der Waals surface area contributed by atoms with E-state index in [4.69, 9.17) is 16.2 Å². The lowest BCUT2D eigenvalue weighted by atomic mass is 10.1. The van der Waals surface area contributed by atoms with Crippen molar-refractivity contribution >= 4 is 17.5 Å². The van der Waals surface area contributed by atoms with Gasteiger partial charge in [0.1, 0.15) is 11.6 Å². The van der Waals surface area contributed by atoms with Crippen molar-refractivity contribution in [2.45, 2.75) is 13.8 Å². The van der Waals surface area contributed by atoms with Gasteiger partial charge in [0.25, 0.3) is 5.69 Å². The first-order valence-electron chi connectivity index (χ1n) is 5.70. The zero-order valence-corrected chi connectivity index (χ0v) is 11.0. The fraction of sp³-hybridized carbons (Fsp3) is 0.167. The average molecular weight is 275 g/mol. The Labute approximate surface area is 114 Å². The molecule has 104 valence electrons. The number of aromatic nitrogens is 2. The van der Waals surface area contributed by atoms with E-state index in [0.29, 0.717) is 11.3 Å². The topological polar surface area (TPSA) is 130 Å². The lowest BCUT2D eigenvalue weighted by Gasteiger charge is -2.09. The van der Waals surface area contributed by atoms with E-state index in [1.807, 2.05) is 0 Å². The summed E-state index contributed by atoms with van der Waals surface area (Å²) in [6.45, 7) is 3.44. The summed E-state index contributed by atoms with van der Waals surface area (Å²) < 4.78 is 5.50. The van der Waals surface area contributed by atoms with Gasteiger partial charge in [0, 0.05) is 11.6 Å². The first-order chi connectivity index (χ1) is 9.36. The number of rotatable bonds is 3. The predicted octanol–water partition coefficient (Wildman–Crippen LogP) is 1.96. The fourth-order valence-corrected chi connectivity index (χ4v) is 1.75. The van der Waals surface area contributed by atoms with Crippen LogP contribution in [0.25, 0.3) is 0 Å².